The molecule has 1 aromatic carbocycles. The van der Waals surface area contributed by atoms with Gasteiger partial charge < -0.3 is 10.4 Å². The van der Waals surface area contributed by atoms with E-state index >= 15 is 0 Å². The smallest absolute Gasteiger partial charge is 0.418 e. The van der Waals surface area contributed by atoms with Gasteiger partial charge in [-0.1, -0.05) is 17.7 Å². The predicted molar refractivity (Wildman–Crippen MR) is 62.0 cm³/mol. The van der Waals surface area contributed by atoms with E-state index in [1.165, 1.54) is 6.07 Å². The molecule has 0 aliphatic heterocycles. The number of carbonyl (C=O) groups excluding carboxylic acids is 1. The van der Waals surface area contributed by atoms with Gasteiger partial charge in [-0.15, -0.1) is 0 Å². The third kappa shape index (κ3) is 4.44. The topological polar surface area (TPSA) is 66.4 Å². The number of benzene rings is 1. The van der Waals surface area contributed by atoms with E-state index in [0.29, 0.717) is 0 Å². The van der Waals surface area contributed by atoms with Crippen LogP contribution in [-0.2, 0) is 15.8 Å². The Balaban J connectivity index is 2.94. The maximum Gasteiger partial charge on any atom is 0.418 e. The third-order valence-corrected chi connectivity index (χ3v) is 2.46. The molecule has 0 saturated heterocycles. The van der Waals surface area contributed by atoms with Crippen LogP contribution in [0.3, 0.4) is 0 Å². The molecule has 0 unspecified atom stereocenters. The quantitative estimate of drug-likeness (QED) is 0.896. The van der Waals surface area contributed by atoms with E-state index in [2.05, 4.69) is 0 Å². The van der Waals surface area contributed by atoms with Crippen LogP contribution in [0, 0.1) is 0 Å². The molecule has 1 aromatic rings. The summed E-state index contributed by atoms with van der Waals surface area (Å²) in [5.74, 6) is -2.06. The van der Waals surface area contributed by atoms with E-state index in [1.54, 1.807) is 0 Å². The van der Waals surface area contributed by atoms with Crippen LogP contribution in [0.2, 0.25) is 5.02 Å². The van der Waals surface area contributed by atoms with Crippen LogP contribution in [0.25, 0.3) is 0 Å². The van der Waals surface area contributed by atoms with Crippen LogP contribution in [0.5, 0.6) is 0 Å². The molecule has 0 bridgehead atoms. The van der Waals surface area contributed by atoms with E-state index < -0.39 is 42.1 Å². The Morgan fingerprint density at radius 1 is 1.26 bits per heavy atom. The van der Waals surface area contributed by atoms with E-state index in [0.717, 1.165) is 12.1 Å². The summed E-state index contributed by atoms with van der Waals surface area (Å²) in [4.78, 5) is 21.6. The minimum absolute atomic E-state index is 0.265. The minimum atomic E-state index is -4.67. The van der Waals surface area contributed by atoms with Gasteiger partial charge in [0, 0.05) is 6.42 Å². The SMILES string of the molecule is O=C(O)CCC(=O)Nc1c(Cl)cccc1C(F)(F)F. The number of hydrogen-bond donors (Lipinski definition) is 2. The van der Waals surface area contributed by atoms with Crippen LogP contribution in [0.1, 0.15) is 18.4 Å². The van der Waals surface area contributed by atoms with Crippen LogP contribution >= 0.6 is 11.6 Å². The molecule has 104 valence electrons. The summed E-state index contributed by atoms with van der Waals surface area (Å²) in [6.45, 7) is 0. The molecule has 0 saturated carbocycles. The Bertz CT molecular complexity index is 502. The molecule has 8 heteroatoms. The number of carbonyl (C=O) groups is 2. The molecule has 0 atom stereocenters. The van der Waals surface area contributed by atoms with Gasteiger partial charge in [-0.3, -0.25) is 9.59 Å². The van der Waals surface area contributed by atoms with Crippen LogP contribution in [0.4, 0.5) is 18.9 Å². The summed E-state index contributed by atoms with van der Waals surface area (Å²) < 4.78 is 38.1. The molecule has 1 rings (SSSR count). The molecule has 1 amide bonds. The van der Waals surface area contributed by atoms with Crippen molar-refractivity contribution in [2.75, 3.05) is 5.32 Å². The number of para-hydroxylation sites is 1. The maximum absolute atomic E-state index is 12.7. The van der Waals surface area contributed by atoms with Crippen molar-refractivity contribution in [3.8, 4) is 0 Å². The molecular weight excluding hydrogens is 287 g/mol. The van der Waals surface area contributed by atoms with E-state index in [1.807, 2.05) is 5.32 Å². The van der Waals surface area contributed by atoms with Crippen molar-refractivity contribution in [1.29, 1.82) is 0 Å². The van der Waals surface area contributed by atoms with E-state index in [9.17, 15) is 22.8 Å². The zero-order valence-electron chi connectivity index (χ0n) is 9.42. The average Bonchev–Trinajstić information content (AvgIpc) is 2.27. The number of hydrogen-bond acceptors (Lipinski definition) is 2. The van der Waals surface area contributed by atoms with Crippen molar-refractivity contribution in [2.45, 2.75) is 19.0 Å². The van der Waals surface area contributed by atoms with Crippen molar-refractivity contribution in [2.24, 2.45) is 0 Å². The van der Waals surface area contributed by atoms with Gasteiger partial charge in [0.15, 0.2) is 0 Å². The summed E-state index contributed by atoms with van der Waals surface area (Å²) in [7, 11) is 0. The Kier molecular flexibility index (Phi) is 4.77. The second-order valence-corrected chi connectivity index (χ2v) is 4.01. The number of aliphatic carboxylic acids is 1. The number of nitrogens with one attached hydrogen (secondary N) is 1. The standard InChI is InChI=1S/C11H9ClF3NO3/c12-7-3-1-2-6(11(13,14)15)10(7)16-8(17)4-5-9(18)19/h1-3H,4-5H2,(H,16,17)(H,18,19). The number of alkyl halides is 3. The monoisotopic (exact) mass is 295 g/mol. The van der Waals surface area contributed by atoms with Gasteiger partial charge >= 0.3 is 12.1 Å². The second-order valence-electron chi connectivity index (χ2n) is 3.60. The highest BCUT2D eigenvalue weighted by molar-refractivity contribution is 6.34. The summed E-state index contributed by atoms with van der Waals surface area (Å²) >= 11 is 5.61. The van der Waals surface area contributed by atoms with Gasteiger partial charge in [0.2, 0.25) is 5.91 Å². The Labute approximate surface area is 111 Å². The molecule has 4 nitrogen and oxygen atoms in total. The molecule has 0 radical (unpaired) electrons. The number of rotatable bonds is 4. The molecule has 0 aliphatic rings. The minimum Gasteiger partial charge on any atom is -0.481 e. The molecule has 0 fully saturated rings. The molecule has 0 spiro atoms. The molecule has 0 aromatic heterocycles. The van der Waals surface area contributed by atoms with Crippen molar-refractivity contribution in [3.63, 3.8) is 0 Å². The zero-order chi connectivity index (χ0) is 14.6. The Morgan fingerprint density at radius 2 is 1.89 bits per heavy atom. The fraction of sp³-hybridized carbons (Fsp3) is 0.273. The number of halogens is 4. The predicted octanol–water partition coefficient (Wildman–Crippen LogP) is 3.16. The van der Waals surface area contributed by atoms with Gasteiger partial charge in [-0.25, -0.2) is 0 Å². The lowest BCUT2D eigenvalue weighted by atomic mass is 10.1. The first-order valence-corrected chi connectivity index (χ1v) is 5.47. The van der Waals surface area contributed by atoms with Crippen molar-refractivity contribution < 1.29 is 27.9 Å². The van der Waals surface area contributed by atoms with Gasteiger partial charge in [0.05, 0.1) is 22.7 Å². The van der Waals surface area contributed by atoms with E-state index in [-0.39, 0.29) is 5.02 Å². The second kappa shape index (κ2) is 5.92. The number of amides is 1. The summed E-state index contributed by atoms with van der Waals surface area (Å²) in [5.41, 5.74) is -1.64. The van der Waals surface area contributed by atoms with Gasteiger partial charge in [-0.05, 0) is 12.1 Å². The number of carboxylic acid groups (broad SMARTS) is 1. The molecule has 19 heavy (non-hydrogen) atoms. The summed E-state index contributed by atoms with van der Waals surface area (Å²) in [5, 5.41) is 10.1. The lowest BCUT2D eigenvalue weighted by Gasteiger charge is -2.14. The fourth-order valence-corrected chi connectivity index (χ4v) is 1.53. The van der Waals surface area contributed by atoms with Crippen LogP contribution < -0.4 is 5.32 Å². The average molecular weight is 296 g/mol. The highest BCUT2D eigenvalue weighted by Gasteiger charge is 2.34. The lowest BCUT2D eigenvalue weighted by Crippen LogP contribution is -2.17. The normalized spacial score (nSPS) is 11.2. The summed E-state index contributed by atoms with van der Waals surface area (Å²) in [6, 6.07) is 3.08. The third-order valence-electron chi connectivity index (χ3n) is 2.15. The molecule has 0 aliphatic carbocycles. The highest BCUT2D eigenvalue weighted by Crippen LogP contribution is 2.38. The first-order valence-electron chi connectivity index (χ1n) is 5.09. The molecule has 0 heterocycles. The summed E-state index contributed by atoms with van der Waals surface area (Å²) in [6.07, 6.45) is -5.57. The lowest BCUT2D eigenvalue weighted by molar-refractivity contribution is -0.139. The van der Waals surface area contributed by atoms with Gasteiger partial charge in [0.25, 0.3) is 0 Å². The fourth-order valence-electron chi connectivity index (χ4n) is 1.31. The molecular formula is C11H9ClF3NO3. The van der Waals surface area contributed by atoms with Gasteiger partial charge in [0.1, 0.15) is 0 Å². The first kappa shape index (κ1) is 15.3. The number of carboxylic acids is 1. The zero-order valence-corrected chi connectivity index (χ0v) is 10.2. The van der Waals surface area contributed by atoms with Crippen LogP contribution in [-0.4, -0.2) is 17.0 Å². The Morgan fingerprint density at radius 3 is 2.42 bits per heavy atom. The molecule has 2 N–H and O–H groups in total. The van der Waals surface area contributed by atoms with Gasteiger partial charge in [-0.2, -0.15) is 13.2 Å². The van der Waals surface area contributed by atoms with Crippen molar-refractivity contribution in [1.82, 2.24) is 0 Å². The highest BCUT2D eigenvalue weighted by atomic mass is 35.5. The van der Waals surface area contributed by atoms with E-state index in [4.69, 9.17) is 16.7 Å². The Hall–Kier alpha value is -1.76. The largest absolute Gasteiger partial charge is 0.481 e. The maximum atomic E-state index is 12.7. The number of anilines is 1. The van der Waals surface area contributed by atoms with Crippen molar-refractivity contribution >= 4 is 29.2 Å². The first-order chi connectivity index (χ1) is 8.71. The van der Waals surface area contributed by atoms with Crippen molar-refractivity contribution in [3.05, 3.63) is 28.8 Å². The van der Waals surface area contributed by atoms with Crippen LogP contribution in [0.15, 0.2) is 18.2 Å².